The van der Waals surface area contributed by atoms with Gasteiger partial charge in [-0.25, -0.2) is 8.42 Å². The molecular formula is C15H23NO3S. The molecule has 0 aliphatic carbocycles. The highest BCUT2D eigenvalue weighted by atomic mass is 32.2. The first-order chi connectivity index (χ1) is 9.19. The molecule has 0 radical (unpaired) electrons. The normalized spacial score (nSPS) is 13.2. The van der Waals surface area contributed by atoms with Crippen LogP contribution in [0.5, 0.6) is 0 Å². The third kappa shape index (κ3) is 5.74. The molecule has 1 N–H and O–H groups in total. The minimum absolute atomic E-state index is 0.0309. The Morgan fingerprint density at radius 1 is 1.25 bits per heavy atom. The summed E-state index contributed by atoms with van der Waals surface area (Å²) in [7, 11) is -3.43. The highest BCUT2D eigenvalue weighted by molar-refractivity contribution is 7.91. The van der Waals surface area contributed by atoms with Gasteiger partial charge in [-0.2, -0.15) is 0 Å². The van der Waals surface area contributed by atoms with Gasteiger partial charge in [0, 0.05) is 6.04 Å². The van der Waals surface area contributed by atoms with Crippen LogP contribution < -0.4 is 5.32 Å². The maximum Gasteiger partial charge on any atom is 0.235 e. The van der Waals surface area contributed by atoms with Crippen molar-refractivity contribution in [3.8, 4) is 0 Å². The Morgan fingerprint density at radius 3 is 2.45 bits per heavy atom. The fourth-order valence-corrected chi connectivity index (χ4v) is 3.04. The first-order valence-corrected chi connectivity index (χ1v) is 8.57. The number of rotatable bonds is 6. The van der Waals surface area contributed by atoms with Gasteiger partial charge in [0.1, 0.15) is 5.75 Å². The van der Waals surface area contributed by atoms with Gasteiger partial charge in [0.05, 0.1) is 5.75 Å². The Hall–Kier alpha value is -1.36. The minimum atomic E-state index is -3.43. The molecule has 4 nitrogen and oxygen atoms in total. The van der Waals surface area contributed by atoms with E-state index in [4.69, 9.17) is 0 Å². The van der Waals surface area contributed by atoms with Crippen LogP contribution in [0.1, 0.15) is 31.9 Å². The Balaban J connectivity index is 2.64. The first-order valence-electron chi connectivity index (χ1n) is 6.75. The number of sulfone groups is 1. The topological polar surface area (TPSA) is 63.2 Å². The molecule has 1 unspecified atom stereocenters. The Kier molecular flexibility index (Phi) is 5.74. The molecule has 1 aromatic rings. The zero-order valence-electron chi connectivity index (χ0n) is 12.5. The second-order valence-electron chi connectivity index (χ2n) is 5.62. The number of carbonyl (C=O) groups is 1. The van der Waals surface area contributed by atoms with Crippen molar-refractivity contribution in [1.82, 2.24) is 5.32 Å². The number of benzene rings is 1. The van der Waals surface area contributed by atoms with E-state index >= 15 is 0 Å². The third-order valence-electron chi connectivity index (χ3n) is 3.21. The number of hydrogen-bond acceptors (Lipinski definition) is 3. The van der Waals surface area contributed by atoms with Crippen LogP contribution in [-0.2, 0) is 20.4 Å². The molecule has 0 spiro atoms. The quantitative estimate of drug-likeness (QED) is 0.874. The van der Waals surface area contributed by atoms with Crippen LogP contribution in [0.3, 0.4) is 0 Å². The Morgan fingerprint density at radius 2 is 1.90 bits per heavy atom. The molecule has 0 saturated carbocycles. The van der Waals surface area contributed by atoms with E-state index in [9.17, 15) is 13.2 Å². The van der Waals surface area contributed by atoms with Crippen molar-refractivity contribution in [3.05, 3.63) is 35.4 Å². The Labute approximate surface area is 121 Å². The molecule has 0 bridgehead atoms. The highest BCUT2D eigenvalue weighted by Gasteiger charge is 2.19. The van der Waals surface area contributed by atoms with Crippen molar-refractivity contribution in [2.75, 3.05) is 5.75 Å². The molecule has 0 heterocycles. The van der Waals surface area contributed by atoms with Gasteiger partial charge in [-0.05, 0) is 25.3 Å². The van der Waals surface area contributed by atoms with Crippen molar-refractivity contribution in [2.45, 2.75) is 39.5 Å². The molecule has 1 amide bonds. The Bertz CT molecular complexity index is 564. The molecule has 1 rings (SSSR count). The lowest BCUT2D eigenvalue weighted by molar-refractivity contribution is -0.119. The molecular weight excluding hydrogens is 274 g/mol. The average molecular weight is 297 g/mol. The number of aryl methyl sites for hydroxylation is 1. The SMILES string of the molecule is Cc1cccc(CS(=O)(=O)CC(=O)NC(C)C(C)C)c1. The summed E-state index contributed by atoms with van der Waals surface area (Å²) >= 11 is 0. The van der Waals surface area contributed by atoms with E-state index in [1.165, 1.54) is 0 Å². The van der Waals surface area contributed by atoms with Crippen LogP contribution in [0.25, 0.3) is 0 Å². The van der Waals surface area contributed by atoms with E-state index in [0.717, 1.165) is 11.1 Å². The van der Waals surface area contributed by atoms with Crippen LogP contribution in [-0.4, -0.2) is 26.1 Å². The maximum atomic E-state index is 12.0. The summed E-state index contributed by atoms with van der Waals surface area (Å²) in [4.78, 5) is 11.7. The van der Waals surface area contributed by atoms with Gasteiger partial charge in [0.25, 0.3) is 0 Å². The van der Waals surface area contributed by atoms with Crippen LogP contribution in [0.15, 0.2) is 24.3 Å². The van der Waals surface area contributed by atoms with Crippen LogP contribution >= 0.6 is 0 Å². The van der Waals surface area contributed by atoms with E-state index < -0.39 is 21.5 Å². The smallest absolute Gasteiger partial charge is 0.235 e. The molecule has 1 aromatic carbocycles. The zero-order valence-corrected chi connectivity index (χ0v) is 13.3. The summed E-state index contributed by atoms with van der Waals surface area (Å²) in [5.41, 5.74) is 1.73. The molecule has 5 heteroatoms. The van der Waals surface area contributed by atoms with E-state index in [-0.39, 0.29) is 17.7 Å². The summed E-state index contributed by atoms with van der Waals surface area (Å²) in [6.45, 7) is 7.74. The zero-order chi connectivity index (χ0) is 15.3. The average Bonchev–Trinajstić information content (AvgIpc) is 2.26. The number of nitrogens with one attached hydrogen (secondary N) is 1. The van der Waals surface area contributed by atoms with Crippen LogP contribution in [0.2, 0.25) is 0 Å². The number of carbonyl (C=O) groups excluding carboxylic acids is 1. The summed E-state index contributed by atoms with van der Waals surface area (Å²) in [5.74, 6) is -0.715. The van der Waals surface area contributed by atoms with E-state index in [2.05, 4.69) is 5.32 Å². The van der Waals surface area contributed by atoms with E-state index in [1.807, 2.05) is 45.9 Å². The molecule has 112 valence electrons. The molecule has 0 saturated heterocycles. The maximum absolute atomic E-state index is 12.0. The fraction of sp³-hybridized carbons (Fsp3) is 0.533. The lowest BCUT2D eigenvalue weighted by Crippen LogP contribution is -2.39. The van der Waals surface area contributed by atoms with Crippen molar-refractivity contribution < 1.29 is 13.2 Å². The standard InChI is InChI=1S/C15H23NO3S/c1-11(2)13(4)16-15(17)10-20(18,19)9-14-7-5-6-12(3)8-14/h5-8,11,13H,9-10H2,1-4H3,(H,16,17). The molecule has 0 fully saturated rings. The lowest BCUT2D eigenvalue weighted by Gasteiger charge is -2.17. The van der Waals surface area contributed by atoms with Crippen molar-refractivity contribution in [3.63, 3.8) is 0 Å². The van der Waals surface area contributed by atoms with Crippen LogP contribution in [0, 0.1) is 12.8 Å². The van der Waals surface area contributed by atoms with Gasteiger partial charge in [-0.3, -0.25) is 4.79 Å². The number of amides is 1. The van der Waals surface area contributed by atoms with Crippen molar-refractivity contribution in [1.29, 1.82) is 0 Å². The largest absolute Gasteiger partial charge is 0.353 e. The summed E-state index contributed by atoms with van der Waals surface area (Å²) in [6.07, 6.45) is 0. The van der Waals surface area contributed by atoms with Gasteiger partial charge in [0.15, 0.2) is 9.84 Å². The minimum Gasteiger partial charge on any atom is -0.353 e. The second-order valence-corrected chi connectivity index (χ2v) is 7.69. The van der Waals surface area contributed by atoms with Gasteiger partial charge in [-0.1, -0.05) is 43.7 Å². The van der Waals surface area contributed by atoms with E-state index in [0.29, 0.717) is 0 Å². The van der Waals surface area contributed by atoms with Crippen molar-refractivity contribution in [2.24, 2.45) is 5.92 Å². The summed E-state index contributed by atoms with van der Waals surface area (Å²) < 4.78 is 24.0. The second kappa shape index (κ2) is 6.88. The molecule has 0 aliphatic rings. The summed E-state index contributed by atoms with van der Waals surface area (Å²) in [5, 5.41) is 2.71. The van der Waals surface area contributed by atoms with Gasteiger partial charge >= 0.3 is 0 Å². The highest BCUT2D eigenvalue weighted by Crippen LogP contribution is 2.09. The van der Waals surface area contributed by atoms with Gasteiger partial charge < -0.3 is 5.32 Å². The van der Waals surface area contributed by atoms with E-state index in [1.54, 1.807) is 6.07 Å². The fourth-order valence-electron chi connectivity index (χ4n) is 1.77. The first kappa shape index (κ1) is 16.7. The molecule has 1 atom stereocenters. The lowest BCUT2D eigenvalue weighted by atomic mass is 10.1. The van der Waals surface area contributed by atoms with Gasteiger partial charge in [-0.15, -0.1) is 0 Å². The predicted molar refractivity (Wildman–Crippen MR) is 81.1 cm³/mol. The van der Waals surface area contributed by atoms with Crippen molar-refractivity contribution >= 4 is 15.7 Å². The molecule has 0 aliphatic heterocycles. The molecule has 0 aromatic heterocycles. The molecule has 20 heavy (non-hydrogen) atoms. The number of hydrogen-bond donors (Lipinski definition) is 1. The summed E-state index contributed by atoms with van der Waals surface area (Å²) in [6, 6.07) is 7.29. The monoisotopic (exact) mass is 297 g/mol. The van der Waals surface area contributed by atoms with Crippen LogP contribution in [0.4, 0.5) is 0 Å². The third-order valence-corrected chi connectivity index (χ3v) is 4.68. The predicted octanol–water partition coefficient (Wildman–Crippen LogP) is 2.07. The van der Waals surface area contributed by atoms with Gasteiger partial charge in [0.2, 0.25) is 5.91 Å².